The Balaban J connectivity index is 2.60. The summed E-state index contributed by atoms with van der Waals surface area (Å²) in [7, 11) is 1.23. The molecule has 1 atom stereocenters. The summed E-state index contributed by atoms with van der Waals surface area (Å²) < 4.78 is 5.05. The number of carbonyl (C=O) groups excluding carboxylic acids is 1. The summed E-state index contributed by atoms with van der Waals surface area (Å²) >= 11 is 0. The van der Waals surface area contributed by atoms with Crippen LogP contribution in [0.3, 0.4) is 0 Å². The van der Waals surface area contributed by atoms with Crippen LogP contribution in [0.5, 0.6) is 0 Å². The number of methoxy groups -OCH3 is 1. The fourth-order valence-electron chi connectivity index (χ4n) is 2.16. The summed E-state index contributed by atoms with van der Waals surface area (Å²) in [5.41, 5.74) is -0.932. The first-order valence-electron chi connectivity index (χ1n) is 5.89. The van der Waals surface area contributed by atoms with E-state index in [-0.39, 0.29) is 6.42 Å². The lowest BCUT2D eigenvalue weighted by Crippen LogP contribution is -2.39. The quantitative estimate of drug-likeness (QED) is 0.516. The largest absolute Gasteiger partial charge is 0.503 e. The second kappa shape index (κ2) is 5.26. The lowest BCUT2D eigenvalue weighted by Gasteiger charge is -2.29. The van der Waals surface area contributed by atoms with E-state index < -0.39 is 22.0 Å². The summed E-state index contributed by atoms with van der Waals surface area (Å²) in [6, 6.07) is 8.94. The molecule has 0 radical (unpaired) electrons. The average molecular weight is 275 g/mol. The van der Waals surface area contributed by atoms with E-state index in [0.29, 0.717) is 11.9 Å². The zero-order valence-electron chi connectivity index (χ0n) is 10.8. The van der Waals surface area contributed by atoms with Crippen molar-refractivity contribution in [3.8, 4) is 0 Å². The van der Waals surface area contributed by atoms with Gasteiger partial charge in [0.05, 0.1) is 4.92 Å². The van der Waals surface area contributed by atoms with Crippen LogP contribution >= 0.6 is 0 Å². The van der Waals surface area contributed by atoms with Gasteiger partial charge in [-0.25, -0.2) is 0 Å². The van der Waals surface area contributed by atoms with Gasteiger partial charge in [-0.05, 0) is 11.1 Å². The minimum atomic E-state index is -1.71. The predicted octanol–water partition coefficient (Wildman–Crippen LogP) is 2.10. The SMILES string of the molecule is COC1(C=O)CC(c2ccccc2)=CC([N+](=O)[O-])=C1O. The lowest BCUT2D eigenvalue weighted by atomic mass is 9.84. The fraction of sp³-hybridized carbons (Fsp3) is 0.214. The zero-order valence-corrected chi connectivity index (χ0v) is 10.8. The highest BCUT2D eigenvalue weighted by atomic mass is 16.6. The van der Waals surface area contributed by atoms with Crippen LogP contribution in [0.1, 0.15) is 12.0 Å². The molecule has 1 N–H and O–H groups in total. The van der Waals surface area contributed by atoms with Gasteiger partial charge >= 0.3 is 5.70 Å². The maximum absolute atomic E-state index is 11.3. The molecule has 0 fully saturated rings. The Morgan fingerprint density at radius 2 is 2.05 bits per heavy atom. The van der Waals surface area contributed by atoms with Gasteiger partial charge in [-0.3, -0.25) is 14.9 Å². The standard InChI is InChI=1S/C14H13NO5/c1-20-14(9-16)8-11(10-5-3-2-4-6-10)7-12(13(14)17)15(18)19/h2-7,9,17H,8H2,1H3. The van der Waals surface area contributed by atoms with Crippen molar-refractivity contribution in [3.63, 3.8) is 0 Å². The summed E-state index contributed by atoms with van der Waals surface area (Å²) in [6.45, 7) is 0. The summed E-state index contributed by atoms with van der Waals surface area (Å²) in [5, 5.41) is 21.0. The molecule has 0 spiro atoms. The number of nitro groups is 1. The molecule has 1 aliphatic carbocycles. The Hall–Kier alpha value is -2.47. The first-order valence-corrected chi connectivity index (χ1v) is 5.89. The predicted molar refractivity (Wildman–Crippen MR) is 71.5 cm³/mol. The number of ether oxygens (including phenoxy) is 1. The van der Waals surface area contributed by atoms with Crippen molar-refractivity contribution < 1.29 is 19.6 Å². The highest BCUT2D eigenvalue weighted by Crippen LogP contribution is 2.37. The monoisotopic (exact) mass is 275 g/mol. The van der Waals surface area contributed by atoms with Crippen molar-refractivity contribution in [3.05, 3.63) is 63.5 Å². The first kappa shape index (κ1) is 14.0. The molecular weight excluding hydrogens is 262 g/mol. The van der Waals surface area contributed by atoms with E-state index in [0.717, 1.165) is 5.56 Å². The molecule has 0 heterocycles. The van der Waals surface area contributed by atoms with E-state index >= 15 is 0 Å². The van der Waals surface area contributed by atoms with E-state index in [1.54, 1.807) is 24.3 Å². The molecule has 0 saturated heterocycles. The molecular formula is C14H13NO5. The zero-order chi connectivity index (χ0) is 14.8. The van der Waals surface area contributed by atoms with Crippen molar-refractivity contribution in [2.24, 2.45) is 0 Å². The molecule has 104 valence electrons. The normalized spacial score (nSPS) is 22.4. The van der Waals surface area contributed by atoms with Crippen molar-refractivity contribution in [2.75, 3.05) is 7.11 Å². The van der Waals surface area contributed by atoms with Crippen LogP contribution in [-0.4, -0.2) is 29.0 Å². The highest BCUT2D eigenvalue weighted by Gasteiger charge is 2.44. The Morgan fingerprint density at radius 3 is 2.55 bits per heavy atom. The highest BCUT2D eigenvalue weighted by molar-refractivity contribution is 5.80. The van der Waals surface area contributed by atoms with Gasteiger partial charge in [0.1, 0.15) is 0 Å². The van der Waals surface area contributed by atoms with Crippen LogP contribution in [0, 0.1) is 10.1 Å². The molecule has 6 heteroatoms. The number of rotatable bonds is 4. The lowest BCUT2D eigenvalue weighted by molar-refractivity contribution is -0.423. The van der Waals surface area contributed by atoms with E-state index in [2.05, 4.69) is 0 Å². The Bertz CT molecular complexity index is 605. The van der Waals surface area contributed by atoms with Crippen molar-refractivity contribution in [2.45, 2.75) is 12.0 Å². The molecule has 1 aromatic rings. The van der Waals surface area contributed by atoms with Gasteiger partial charge in [-0.1, -0.05) is 30.3 Å². The number of carbonyl (C=O) groups is 1. The molecule has 0 aromatic heterocycles. The van der Waals surface area contributed by atoms with Crippen molar-refractivity contribution in [1.29, 1.82) is 0 Å². The molecule has 0 saturated carbocycles. The third kappa shape index (κ3) is 2.21. The number of aliphatic hydroxyl groups is 1. The van der Waals surface area contributed by atoms with Gasteiger partial charge in [0.2, 0.25) is 5.76 Å². The minimum absolute atomic E-state index is 0.0419. The van der Waals surface area contributed by atoms with Crippen molar-refractivity contribution in [1.82, 2.24) is 0 Å². The molecule has 0 aliphatic heterocycles. The summed E-state index contributed by atoms with van der Waals surface area (Å²) in [4.78, 5) is 21.6. The molecule has 2 rings (SSSR count). The van der Waals surface area contributed by atoms with Gasteiger partial charge in [-0.15, -0.1) is 0 Å². The summed E-state index contributed by atoms with van der Waals surface area (Å²) in [5.74, 6) is -0.667. The maximum atomic E-state index is 11.3. The third-order valence-corrected chi connectivity index (χ3v) is 3.30. The first-order chi connectivity index (χ1) is 9.54. The van der Waals surface area contributed by atoms with Crippen LogP contribution < -0.4 is 0 Å². The molecule has 1 aromatic carbocycles. The minimum Gasteiger partial charge on any atom is -0.503 e. The van der Waals surface area contributed by atoms with E-state index in [1.165, 1.54) is 13.2 Å². The Morgan fingerprint density at radius 1 is 1.40 bits per heavy atom. The number of aliphatic hydroxyl groups excluding tert-OH is 1. The number of aldehydes is 1. The number of benzene rings is 1. The molecule has 1 unspecified atom stereocenters. The molecule has 20 heavy (non-hydrogen) atoms. The average Bonchev–Trinajstić information content (AvgIpc) is 2.48. The van der Waals surface area contributed by atoms with Crippen LogP contribution in [0.25, 0.3) is 5.57 Å². The van der Waals surface area contributed by atoms with E-state index in [1.807, 2.05) is 6.07 Å². The Kier molecular flexibility index (Phi) is 3.67. The maximum Gasteiger partial charge on any atom is 0.310 e. The molecule has 1 aliphatic rings. The van der Waals surface area contributed by atoms with Gasteiger partial charge in [0, 0.05) is 19.6 Å². The van der Waals surface area contributed by atoms with Gasteiger partial charge in [-0.2, -0.15) is 0 Å². The second-order valence-electron chi connectivity index (χ2n) is 4.41. The number of hydrogen-bond acceptors (Lipinski definition) is 5. The smallest absolute Gasteiger partial charge is 0.310 e. The number of allylic oxidation sites excluding steroid dienone is 1. The second-order valence-corrected chi connectivity index (χ2v) is 4.41. The molecule has 6 nitrogen and oxygen atoms in total. The van der Waals surface area contributed by atoms with Crippen molar-refractivity contribution >= 4 is 11.9 Å². The van der Waals surface area contributed by atoms with Gasteiger partial charge in [0.15, 0.2) is 11.9 Å². The molecule has 0 bridgehead atoms. The third-order valence-electron chi connectivity index (χ3n) is 3.30. The van der Waals surface area contributed by atoms with Gasteiger partial charge in [0.25, 0.3) is 0 Å². The summed E-state index contributed by atoms with van der Waals surface area (Å²) in [6.07, 6.45) is 1.70. The van der Waals surface area contributed by atoms with Crippen LogP contribution in [0.15, 0.2) is 47.9 Å². The topological polar surface area (TPSA) is 89.7 Å². The molecule has 0 amide bonds. The number of nitrogens with zero attached hydrogens (tertiary/aromatic N) is 1. The van der Waals surface area contributed by atoms with E-state index in [4.69, 9.17) is 4.74 Å². The fourth-order valence-corrected chi connectivity index (χ4v) is 2.16. The van der Waals surface area contributed by atoms with Crippen LogP contribution in [0.4, 0.5) is 0 Å². The Labute approximate surface area is 115 Å². The van der Waals surface area contributed by atoms with E-state index in [9.17, 15) is 20.0 Å². The number of hydrogen-bond donors (Lipinski definition) is 1. The van der Waals surface area contributed by atoms with Crippen LogP contribution in [0.2, 0.25) is 0 Å². The van der Waals surface area contributed by atoms with Crippen LogP contribution in [-0.2, 0) is 9.53 Å². The van der Waals surface area contributed by atoms with Gasteiger partial charge < -0.3 is 9.84 Å².